The van der Waals surface area contributed by atoms with E-state index in [0.29, 0.717) is 19.5 Å². The van der Waals surface area contributed by atoms with Crippen LogP contribution >= 0.6 is 0 Å². The zero-order valence-corrected chi connectivity index (χ0v) is 25.5. The van der Waals surface area contributed by atoms with Gasteiger partial charge >= 0.3 is 0 Å². The monoisotopic (exact) mass is 596 g/mol. The number of para-hydroxylation sites is 2. The molecule has 3 aromatic carbocycles. The van der Waals surface area contributed by atoms with Crippen molar-refractivity contribution in [3.63, 3.8) is 0 Å². The third-order valence-electron chi connectivity index (χ3n) is 9.72. The molecule has 2 aromatic heterocycles. The summed E-state index contributed by atoms with van der Waals surface area (Å²) in [7, 11) is 3.77. The van der Waals surface area contributed by atoms with E-state index in [1.165, 1.54) is 0 Å². The Labute approximate surface area is 255 Å². The highest BCUT2D eigenvalue weighted by Crippen LogP contribution is 2.53. The summed E-state index contributed by atoms with van der Waals surface area (Å²) < 4.78 is 18.0. The quantitative estimate of drug-likeness (QED) is 0.206. The van der Waals surface area contributed by atoms with E-state index in [9.17, 15) is 9.59 Å². The molecule has 10 heteroatoms. The second-order valence-electron chi connectivity index (χ2n) is 12.2. The van der Waals surface area contributed by atoms with Gasteiger partial charge in [0, 0.05) is 54.1 Å². The lowest BCUT2D eigenvalue weighted by Crippen LogP contribution is -2.59. The van der Waals surface area contributed by atoms with Gasteiger partial charge in [-0.2, -0.15) is 0 Å². The van der Waals surface area contributed by atoms with Crippen molar-refractivity contribution < 1.29 is 19.1 Å². The van der Waals surface area contributed by atoms with E-state index in [4.69, 9.17) is 20.9 Å². The van der Waals surface area contributed by atoms with E-state index >= 15 is 0 Å². The number of rotatable bonds is 7. The molecule has 2 bridgehead atoms. The van der Waals surface area contributed by atoms with Gasteiger partial charge < -0.3 is 40.7 Å². The Balaban J connectivity index is 0.000000306. The molecule has 4 atom stereocenters. The number of nitrogens with two attached hydrogens (primary N) is 2. The Hall–Kier alpha value is -3.96. The van der Waals surface area contributed by atoms with Gasteiger partial charge in [-0.25, -0.2) is 0 Å². The molecule has 230 valence electrons. The molecule has 3 aliphatic heterocycles. The maximum atomic E-state index is 13.3. The van der Waals surface area contributed by atoms with E-state index in [1.54, 1.807) is 7.11 Å². The number of nitrogens with one attached hydrogen (secondary N) is 2. The van der Waals surface area contributed by atoms with Crippen LogP contribution in [-0.4, -0.2) is 53.8 Å². The van der Waals surface area contributed by atoms with E-state index in [-0.39, 0.29) is 30.2 Å². The zero-order chi connectivity index (χ0) is 30.7. The van der Waals surface area contributed by atoms with Gasteiger partial charge in [0.1, 0.15) is 12.3 Å². The van der Waals surface area contributed by atoms with Crippen LogP contribution in [0.2, 0.25) is 0 Å². The van der Waals surface area contributed by atoms with Crippen molar-refractivity contribution in [2.45, 2.75) is 69.7 Å². The number of likely N-dealkylation sites (N-methyl/N-ethyl adjacent to an activating group) is 1. The van der Waals surface area contributed by atoms with Crippen LogP contribution in [0.3, 0.4) is 0 Å². The third-order valence-corrected chi connectivity index (χ3v) is 9.72. The first-order valence-electron chi connectivity index (χ1n) is 15.5. The van der Waals surface area contributed by atoms with Crippen LogP contribution in [0.15, 0.2) is 48.5 Å². The fourth-order valence-electron chi connectivity index (χ4n) is 7.95. The fourth-order valence-corrected chi connectivity index (χ4v) is 7.95. The molecular weight excluding hydrogens is 556 g/mol. The number of benzene rings is 3. The van der Waals surface area contributed by atoms with Gasteiger partial charge in [0.2, 0.25) is 5.91 Å². The summed E-state index contributed by atoms with van der Waals surface area (Å²) in [6.45, 7) is 3.39. The van der Waals surface area contributed by atoms with Crippen molar-refractivity contribution in [3.05, 3.63) is 59.7 Å². The summed E-state index contributed by atoms with van der Waals surface area (Å²) in [6.07, 6.45) is 3.72. The molecule has 1 fully saturated rings. The summed E-state index contributed by atoms with van der Waals surface area (Å²) >= 11 is 0. The highest BCUT2D eigenvalue weighted by atomic mass is 16.6. The van der Waals surface area contributed by atoms with Crippen LogP contribution in [0.4, 0.5) is 0 Å². The number of carbonyl (C=O) groups excluding carboxylic acids is 2. The van der Waals surface area contributed by atoms with Crippen LogP contribution in [0, 0.1) is 0 Å². The van der Waals surface area contributed by atoms with E-state index < -0.39 is 5.72 Å². The average Bonchev–Trinajstić information content (AvgIpc) is 3.67. The van der Waals surface area contributed by atoms with Crippen molar-refractivity contribution in [3.8, 4) is 0 Å². The molecule has 6 N–H and O–H groups in total. The number of unbranched alkanes of at least 4 members (excludes halogenated alkanes) is 2. The predicted octanol–water partition coefficient (Wildman–Crippen LogP) is 4.34. The molecule has 0 radical (unpaired) electrons. The smallest absolute Gasteiger partial charge is 0.252 e. The molecule has 3 aliphatic rings. The number of nitrogens with zero attached hydrogens (tertiary/aromatic N) is 2. The Morgan fingerprint density at radius 2 is 1.77 bits per heavy atom. The van der Waals surface area contributed by atoms with Crippen molar-refractivity contribution in [2.24, 2.45) is 11.5 Å². The fraction of sp³-hybridized carbons (Fsp3) is 0.412. The minimum atomic E-state index is -0.760. The molecule has 0 spiro atoms. The molecule has 5 aromatic rings. The Morgan fingerprint density at radius 1 is 1.07 bits per heavy atom. The maximum absolute atomic E-state index is 13.3. The van der Waals surface area contributed by atoms with Crippen molar-refractivity contribution >= 4 is 55.4 Å². The number of amides is 2. The second-order valence-corrected chi connectivity index (χ2v) is 12.2. The van der Waals surface area contributed by atoms with Gasteiger partial charge in [-0.3, -0.25) is 9.59 Å². The number of ether oxygens (including phenoxy) is 2. The van der Waals surface area contributed by atoms with Crippen molar-refractivity contribution in [1.82, 2.24) is 19.8 Å². The Morgan fingerprint density at radius 3 is 2.45 bits per heavy atom. The first kappa shape index (κ1) is 28.8. The number of methoxy groups -OCH3 is 1. The van der Waals surface area contributed by atoms with Crippen LogP contribution in [0.1, 0.15) is 61.2 Å². The van der Waals surface area contributed by atoms with E-state index in [2.05, 4.69) is 75.2 Å². The van der Waals surface area contributed by atoms with Crippen LogP contribution in [-0.2, 0) is 26.5 Å². The highest BCUT2D eigenvalue weighted by molar-refractivity contribution is 6.31. The first-order valence-corrected chi connectivity index (χ1v) is 15.5. The second kappa shape index (κ2) is 10.9. The summed E-state index contributed by atoms with van der Waals surface area (Å²) in [5, 5.41) is 11.0. The highest BCUT2D eigenvalue weighted by Gasteiger charge is 2.53. The molecule has 44 heavy (non-hydrogen) atoms. The number of carbonyl (C=O) groups is 2. The molecular formula is C34H40N6O4. The topological polar surface area (TPSA) is 139 Å². The maximum Gasteiger partial charge on any atom is 0.252 e. The van der Waals surface area contributed by atoms with Gasteiger partial charge in [0.05, 0.1) is 27.6 Å². The van der Waals surface area contributed by atoms with Gasteiger partial charge in [-0.15, -0.1) is 0 Å². The van der Waals surface area contributed by atoms with E-state index in [0.717, 1.165) is 80.4 Å². The van der Waals surface area contributed by atoms with Gasteiger partial charge in [-0.05, 0) is 51.1 Å². The Kier molecular flexibility index (Phi) is 7.12. The van der Waals surface area contributed by atoms with Crippen molar-refractivity contribution in [2.75, 3.05) is 20.7 Å². The normalized spacial score (nSPS) is 23.6. The molecule has 10 nitrogen and oxygen atoms in total. The number of hydrogen-bond donors (Lipinski definition) is 4. The lowest BCUT2D eigenvalue weighted by Gasteiger charge is -2.48. The number of aromatic nitrogens is 2. The summed E-state index contributed by atoms with van der Waals surface area (Å²) in [4.78, 5) is 23.5. The number of hydrogen-bond acceptors (Lipinski definition) is 6. The SMILES string of the molecule is CN[C@@H]1C[C@H]2O[C@@](C)([C@@H]1OC)n1c3ccccc3c3c4c(c5c6ccccc6n2c5c31)C(=O)NC4.NCCCCCC(N)=O. The number of primary amides is 1. The van der Waals surface area contributed by atoms with Gasteiger partial charge in [0.25, 0.3) is 5.91 Å². The van der Waals surface area contributed by atoms with Crippen LogP contribution in [0.5, 0.6) is 0 Å². The minimum Gasteiger partial charge on any atom is -0.375 e. The minimum absolute atomic E-state index is 0.00357. The zero-order valence-electron chi connectivity index (χ0n) is 25.5. The number of fused-ring (bicyclic) bond motifs is 13. The van der Waals surface area contributed by atoms with Crippen LogP contribution in [0.25, 0.3) is 43.6 Å². The lowest BCUT2D eigenvalue weighted by molar-refractivity contribution is -0.256. The molecule has 2 amide bonds. The molecule has 5 heterocycles. The van der Waals surface area contributed by atoms with Gasteiger partial charge in [-0.1, -0.05) is 42.8 Å². The average molecular weight is 597 g/mol. The molecule has 8 rings (SSSR count). The third kappa shape index (κ3) is 4.01. The predicted molar refractivity (Wildman–Crippen MR) is 172 cm³/mol. The summed E-state index contributed by atoms with van der Waals surface area (Å²) in [6, 6.07) is 17.0. The Bertz CT molecular complexity index is 1940. The lowest BCUT2D eigenvalue weighted by atomic mass is 9.93. The molecule has 0 aliphatic carbocycles. The molecule has 0 saturated carbocycles. The van der Waals surface area contributed by atoms with Crippen LogP contribution < -0.4 is 22.1 Å². The van der Waals surface area contributed by atoms with Crippen molar-refractivity contribution in [1.29, 1.82) is 0 Å². The largest absolute Gasteiger partial charge is 0.375 e. The summed E-state index contributed by atoms with van der Waals surface area (Å²) in [5.41, 5.74) is 15.6. The van der Waals surface area contributed by atoms with E-state index in [1.807, 2.05) is 7.05 Å². The molecule has 0 unspecified atom stereocenters. The first-order chi connectivity index (χ1) is 21.3. The van der Waals surface area contributed by atoms with Gasteiger partial charge in [0.15, 0.2) is 5.72 Å². The standard InChI is InChI=1S/C28H26N4O3.C6H14N2O/c1-28-26(34-3)17(29-2)12-20(35-28)31-18-10-6-4-8-14(18)22-23-16(13-30-27(23)33)21-15-9-5-7-11-19(15)32(28)25(21)24(22)31;7-5-3-1-2-4-6(8)9/h4-11,17,20,26,29H,12-13H2,1-3H3,(H,30,33);1-5,7H2,(H2,8,9)/t17-,20-,26-,28+;/m1./s1. The molecule has 1 saturated heterocycles. The summed E-state index contributed by atoms with van der Waals surface area (Å²) in [5.74, 6) is -0.212.